The van der Waals surface area contributed by atoms with E-state index in [0.717, 1.165) is 24.1 Å². The van der Waals surface area contributed by atoms with Crippen molar-refractivity contribution in [1.82, 2.24) is 25.0 Å². The third-order valence-electron chi connectivity index (χ3n) is 6.40. The van der Waals surface area contributed by atoms with Gasteiger partial charge in [0, 0.05) is 5.41 Å². The van der Waals surface area contributed by atoms with Gasteiger partial charge in [0.1, 0.15) is 24.3 Å². The first kappa shape index (κ1) is 15.5. The Bertz CT molecular complexity index is 995. The lowest BCUT2D eigenvalue weighted by molar-refractivity contribution is 0.167. The van der Waals surface area contributed by atoms with Gasteiger partial charge in [0.2, 0.25) is 0 Å². The van der Waals surface area contributed by atoms with Crippen molar-refractivity contribution in [3.05, 3.63) is 59.8 Å². The molecule has 1 fully saturated rings. The average molecular weight is 353 g/mol. The normalized spacial score (nSPS) is 25.5. The molecule has 2 heterocycles. The lowest BCUT2D eigenvalue weighted by atomic mass is 9.75. The SMILES string of the molecule is CC1(C)[C@H]2CC[C@]1(n1cnnc1)c1nnc(-c3c(F)cccc3F)cc12. The summed E-state index contributed by atoms with van der Waals surface area (Å²) in [6.45, 7) is 4.41. The van der Waals surface area contributed by atoms with Gasteiger partial charge in [0.05, 0.1) is 22.5 Å². The highest BCUT2D eigenvalue weighted by atomic mass is 19.1. The van der Waals surface area contributed by atoms with Gasteiger partial charge in [0.25, 0.3) is 0 Å². The van der Waals surface area contributed by atoms with Crippen molar-refractivity contribution < 1.29 is 8.78 Å². The maximum atomic E-state index is 14.2. The van der Waals surface area contributed by atoms with Crippen LogP contribution in [0.2, 0.25) is 0 Å². The van der Waals surface area contributed by atoms with Crippen LogP contribution in [0.1, 0.15) is 43.9 Å². The largest absolute Gasteiger partial charge is 0.308 e. The van der Waals surface area contributed by atoms with E-state index in [0.29, 0.717) is 0 Å². The molecule has 2 bridgehead atoms. The van der Waals surface area contributed by atoms with E-state index in [1.807, 2.05) is 10.6 Å². The minimum atomic E-state index is -0.629. The van der Waals surface area contributed by atoms with E-state index in [1.165, 1.54) is 18.2 Å². The fraction of sp³-hybridized carbons (Fsp3) is 0.368. The number of hydrogen-bond acceptors (Lipinski definition) is 4. The van der Waals surface area contributed by atoms with Gasteiger partial charge in [0.15, 0.2) is 0 Å². The summed E-state index contributed by atoms with van der Waals surface area (Å²) in [5.41, 5.74) is 1.49. The first-order chi connectivity index (χ1) is 12.5. The van der Waals surface area contributed by atoms with Gasteiger partial charge in [-0.15, -0.1) is 15.3 Å². The first-order valence-electron chi connectivity index (χ1n) is 8.64. The second kappa shape index (κ2) is 4.93. The van der Waals surface area contributed by atoms with Crippen molar-refractivity contribution in [1.29, 1.82) is 0 Å². The summed E-state index contributed by atoms with van der Waals surface area (Å²) >= 11 is 0. The van der Waals surface area contributed by atoms with E-state index in [-0.39, 0.29) is 28.1 Å². The standard InChI is InChI=1S/C19H17F2N5/c1-18(2)12-6-7-19(18,26-9-22-23-10-26)17-11(12)8-15(24-25-17)16-13(20)4-3-5-14(16)21/h3-5,8-10,12H,6-7H2,1-2H3/t12-,19-/m0/s1. The number of benzene rings is 1. The molecule has 2 aromatic heterocycles. The number of fused-ring (bicyclic) bond motifs is 5. The number of hydrogen-bond donors (Lipinski definition) is 0. The highest BCUT2D eigenvalue weighted by Gasteiger charge is 2.64. The molecule has 5 rings (SSSR count). The topological polar surface area (TPSA) is 56.5 Å². The second-order valence-corrected chi connectivity index (χ2v) is 7.67. The highest BCUT2D eigenvalue weighted by molar-refractivity contribution is 5.63. The van der Waals surface area contributed by atoms with Crippen LogP contribution in [0.25, 0.3) is 11.3 Å². The molecule has 2 atom stereocenters. The molecule has 0 spiro atoms. The zero-order valence-corrected chi connectivity index (χ0v) is 14.4. The van der Waals surface area contributed by atoms with Crippen LogP contribution in [0.4, 0.5) is 8.78 Å². The third kappa shape index (κ3) is 1.68. The van der Waals surface area contributed by atoms with E-state index in [1.54, 1.807) is 12.7 Å². The average Bonchev–Trinajstić information content (AvgIpc) is 3.26. The van der Waals surface area contributed by atoms with Crippen molar-refractivity contribution >= 4 is 0 Å². The summed E-state index contributed by atoms with van der Waals surface area (Å²) in [5.74, 6) is -1.02. The highest BCUT2D eigenvalue weighted by Crippen LogP contribution is 2.67. The van der Waals surface area contributed by atoms with Gasteiger partial charge in [-0.25, -0.2) is 8.78 Å². The number of rotatable bonds is 2. The zero-order chi connectivity index (χ0) is 18.1. The van der Waals surface area contributed by atoms with Crippen molar-refractivity contribution in [2.75, 3.05) is 0 Å². The smallest absolute Gasteiger partial charge is 0.135 e. The molecule has 1 saturated carbocycles. The van der Waals surface area contributed by atoms with Crippen molar-refractivity contribution in [2.45, 2.75) is 38.1 Å². The van der Waals surface area contributed by atoms with Crippen LogP contribution in [-0.2, 0) is 5.54 Å². The molecule has 1 aromatic carbocycles. The van der Waals surface area contributed by atoms with Gasteiger partial charge in [-0.2, -0.15) is 5.10 Å². The summed E-state index contributed by atoms with van der Waals surface area (Å²) in [4.78, 5) is 0. The molecule has 3 aromatic rings. The van der Waals surface area contributed by atoms with Crippen LogP contribution in [0.15, 0.2) is 36.9 Å². The van der Waals surface area contributed by atoms with E-state index in [4.69, 9.17) is 0 Å². The molecule has 7 heteroatoms. The molecule has 0 unspecified atom stereocenters. The minimum Gasteiger partial charge on any atom is -0.308 e. The molecular weight excluding hydrogens is 336 g/mol. The van der Waals surface area contributed by atoms with Gasteiger partial charge >= 0.3 is 0 Å². The van der Waals surface area contributed by atoms with Crippen LogP contribution < -0.4 is 0 Å². The third-order valence-corrected chi connectivity index (χ3v) is 6.40. The molecule has 132 valence electrons. The number of aromatic nitrogens is 5. The summed E-state index contributed by atoms with van der Waals surface area (Å²) < 4.78 is 30.4. The molecule has 0 N–H and O–H groups in total. The van der Waals surface area contributed by atoms with Crippen molar-refractivity contribution in [3.8, 4) is 11.3 Å². The minimum absolute atomic E-state index is 0.123. The summed E-state index contributed by atoms with van der Waals surface area (Å²) in [7, 11) is 0. The molecule has 26 heavy (non-hydrogen) atoms. The molecule has 0 saturated heterocycles. The Labute approximate surface area is 149 Å². The maximum Gasteiger partial charge on any atom is 0.135 e. The van der Waals surface area contributed by atoms with E-state index >= 15 is 0 Å². The maximum absolute atomic E-state index is 14.2. The molecule has 2 aliphatic rings. The Hall–Kier alpha value is -2.70. The molecule has 5 nitrogen and oxygen atoms in total. The number of nitrogens with zero attached hydrogens (tertiary/aromatic N) is 5. The van der Waals surface area contributed by atoms with Crippen LogP contribution in [0, 0.1) is 17.0 Å². The molecule has 2 aliphatic carbocycles. The summed E-state index contributed by atoms with van der Waals surface area (Å²) in [6.07, 6.45) is 5.32. The summed E-state index contributed by atoms with van der Waals surface area (Å²) in [6, 6.07) is 5.63. The Kier molecular flexibility index (Phi) is 2.95. The lowest BCUT2D eigenvalue weighted by Gasteiger charge is -2.38. The fourth-order valence-electron chi connectivity index (χ4n) is 5.13. The van der Waals surface area contributed by atoms with Crippen LogP contribution in [0.5, 0.6) is 0 Å². The molecular formula is C19H17F2N5. The number of halogens is 2. The molecule has 0 amide bonds. The van der Waals surface area contributed by atoms with Gasteiger partial charge in [-0.05, 0) is 42.5 Å². The van der Waals surface area contributed by atoms with E-state index in [9.17, 15) is 8.78 Å². The summed E-state index contributed by atoms with van der Waals surface area (Å²) in [5, 5.41) is 16.6. The van der Waals surface area contributed by atoms with Gasteiger partial charge in [-0.1, -0.05) is 19.9 Å². The lowest BCUT2D eigenvalue weighted by Crippen LogP contribution is -2.42. The zero-order valence-electron chi connectivity index (χ0n) is 14.4. The molecule has 0 radical (unpaired) electrons. The van der Waals surface area contributed by atoms with Crippen molar-refractivity contribution in [2.24, 2.45) is 5.41 Å². The predicted octanol–water partition coefficient (Wildman–Crippen LogP) is 3.67. The quantitative estimate of drug-likeness (QED) is 0.705. The van der Waals surface area contributed by atoms with Crippen molar-refractivity contribution in [3.63, 3.8) is 0 Å². The second-order valence-electron chi connectivity index (χ2n) is 7.67. The van der Waals surface area contributed by atoms with Gasteiger partial charge in [-0.3, -0.25) is 0 Å². The molecule has 0 aliphatic heterocycles. The van der Waals surface area contributed by atoms with Crippen LogP contribution >= 0.6 is 0 Å². The Morgan fingerprint density at radius 3 is 2.46 bits per heavy atom. The Morgan fingerprint density at radius 1 is 1.08 bits per heavy atom. The first-order valence-corrected chi connectivity index (χ1v) is 8.64. The Morgan fingerprint density at radius 2 is 1.77 bits per heavy atom. The Balaban J connectivity index is 1.74. The van der Waals surface area contributed by atoms with Crippen LogP contribution in [0.3, 0.4) is 0 Å². The predicted molar refractivity (Wildman–Crippen MR) is 90.2 cm³/mol. The monoisotopic (exact) mass is 353 g/mol. The fourth-order valence-corrected chi connectivity index (χ4v) is 5.13. The van der Waals surface area contributed by atoms with E-state index < -0.39 is 11.6 Å². The van der Waals surface area contributed by atoms with Gasteiger partial charge < -0.3 is 4.57 Å². The van der Waals surface area contributed by atoms with E-state index in [2.05, 4.69) is 34.2 Å². The van der Waals surface area contributed by atoms with Crippen LogP contribution in [-0.4, -0.2) is 25.0 Å².